The SMILES string of the molecule is COc1ccc(C2=NOC3CC(C(O)C(F)(F)F)CC23)cc1C(=O)O. The molecule has 0 spiro atoms. The van der Waals surface area contributed by atoms with Crippen LogP contribution >= 0.6 is 0 Å². The second-order valence-corrected chi connectivity index (χ2v) is 6.17. The minimum atomic E-state index is -4.68. The summed E-state index contributed by atoms with van der Waals surface area (Å²) in [5, 5.41) is 22.6. The number of hydrogen-bond donors (Lipinski definition) is 2. The molecule has 1 heterocycles. The van der Waals surface area contributed by atoms with Crippen molar-refractivity contribution < 1.29 is 37.8 Å². The average Bonchev–Trinajstić information content (AvgIpc) is 3.12. The number of oxime groups is 1. The van der Waals surface area contributed by atoms with Gasteiger partial charge in [0, 0.05) is 11.5 Å². The maximum absolute atomic E-state index is 12.7. The van der Waals surface area contributed by atoms with E-state index in [2.05, 4.69) is 5.16 Å². The molecule has 1 saturated carbocycles. The highest BCUT2D eigenvalue weighted by Gasteiger charge is 2.52. The average molecular weight is 359 g/mol. The van der Waals surface area contributed by atoms with Crippen molar-refractivity contribution >= 4 is 11.7 Å². The minimum absolute atomic E-state index is 0.0420. The largest absolute Gasteiger partial charge is 0.496 e. The second kappa shape index (κ2) is 6.21. The molecule has 0 saturated heterocycles. The molecule has 1 aromatic rings. The first kappa shape index (κ1) is 17.5. The Morgan fingerprint density at radius 2 is 2.12 bits per heavy atom. The van der Waals surface area contributed by atoms with Crippen molar-refractivity contribution in [2.75, 3.05) is 7.11 Å². The Morgan fingerprint density at radius 1 is 1.40 bits per heavy atom. The smallest absolute Gasteiger partial charge is 0.414 e. The molecule has 0 aromatic heterocycles. The van der Waals surface area contributed by atoms with Crippen LogP contribution in [0, 0.1) is 11.8 Å². The lowest BCUT2D eigenvalue weighted by Crippen LogP contribution is -2.35. The Morgan fingerprint density at radius 3 is 2.72 bits per heavy atom. The van der Waals surface area contributed by atoms with E-state index in [4.69, 9.17) is 9.57 Å². The van der Waals surface area contributed by atoms with Crippen LogP contribution in [0.2, 0.25) is 0 Å². The van der Waals surface area contributed by atoms with Crippen molar-refractivity contribution in [3.05, 3.63) is 29.3 Å². The van der Waals surface area contributed by atoms with Gasteiger partial charge in [0.25, 0.3) is 0 Å². The fraction of sp³-hybridized carbons (Fsp3) is 0.500. The van der Waals surface area contributed by atoms with Crippen LogP contribution in [0.1, 0.15) is 28.8 Å². The van der Waals surface area contributed by atoms with E-state index in [1.165, 1.54) is 19.2 Å². The van der Waals surface area contributed by atoms with Crippen LogP contribution in [-0.4, -0.2) is 47.4 Å². The Labute approximate surface area is 140 Å². The van der Waals surface area contributed by atoms with Crippen molar-refractivity contribution in [1.82, 2.24) is 0 Å². The van der Waals surface area contributed by atoms with Crippen molar-refractivity contribution in [2.24, 2.45) is 17.0 Å². The third-order valence-electron chi connectivity index (χ3n) is 4.69. The number of aliphatic hydroxyl groups is 1. The number of benzene rings is 1. The summed E-state index contributed by atoms with van der Waals surface area (Å²) in [6.45, 7) is 0. The van der Waals surface area contributed by atoms with E-state index >= 15 is 0 Å². The highest BCUT2D eigenvalue weighted by Crippen LogP contribution is 2.44. The maximum Gasteiger partial charge on any atom is 0.414 e. The zero-order chi connectivity index (χ0) is 18.4. The molecule has 2 N–H and O–H groups in total. The third kappa shape index (κ3) is 3.15. The van der Waals surface area contributed by atoms with E-state index in [0.717, 1.165) is 0 Å². The van der Waals surface area contributed by atoms with Gasteiger partial charge in [0.15, 0.2) is 6.10 Å². The highest BCUT2D eigenvalue weighted by molar-refractivity contribution is 6.05. The number of aromatic carboxylic acids is 1. The van der Waals surface area contributed by atoms with E-state index < -0.39 is 36.2 Å². The molecule has 1 aromatic carbocycles. The van der Waals surface area contributed by atoms with Crippen LogP contribution < -0.4 is 4.74 Å². The second-order valence-electron chi connectivity index (χ2n) is 6.17. The van der Waals surface area contributed by atoms with E-state index in [-0.39, 0.29) is 24.2 Å². The lowest BCUT2D eigenvalue weighted by Gasteiger charge is -2.21. The number of fused-ring (bicyclic) bond motifs is 1. The standard InChI is InChI=1S/C16H16F3NO5/c1-24-11-3-2-7(4-10(11)15(22)23)13-9-5-8(6-12(9)25-20-13)14(21)16(17,18)19/h2-4,8-9,12,14,21H,5-6H2,1H3,(H,22,23). The molecule has 2 aliphatic rings. The topological polar surface area (TPSA) is 88.4 Å². The lowest BCUT2D eigenvalue weighted by molar-refractivity contribution is -0.219. The molecule has 25 heavy (non-hydrogen) atoms. The number of halogens is 3. The molecule has 0 amide bonds. The number of carbonyl (C=O) groups is 1. The zero-order valence-corrected chi connectivity index (χ0v) is 13.2. The lowest BCUT2D eigenvalue weighted by atomic mass is 9.91. The quantitative estimate of drug-likeness (QED) is 0.862. The summed E-state index contributed by atoms with van der Waals surface area (Å²) < 4.78 is 43.2. The summed E-state index contributed by atoms with van der Waals surface area (Å²) in [5.74, 6) is -2.41. The molecule has 3 rings (SSSR count). The van der Waals surface area contributed by atoms with Gasteiger partial charge < -0.3 is 19.8 Å². The monoisotopic (exact) mass is 359 g/mol. The molecule has 1 fully saturated rings. The van der Waals surface area contributed by atoms with Gasteiger partial charge in [-0.05, 0) is 37.0 Å². The number of ether oxygens (including phenoxy) is 1. The summed E-state index contributed by atoms with van der Waals surface area (Å²) in [6.07, 6.45) is -7.53. The van der Waals surface area contributed by atoms with Gasteiger partial charge in [0.1, 0.15) is 17.4 Å². The predicted molar refractivity (Wildman–Crippen MR) is 79.6 cm³/mol. The van der Waals surface area contributed by atoms with E-state index in [1.807, 2.05) is 0 Å². The number of carboxylic acids is 1. The Hall–Kier alpha value is -2.29. The first-order valence-electron chi connectivity index (χ1n) is 7.62. The van der Waals surface area contributed by atoms with E-state index in [9.17, 15) is 28.2 Å². The van der Waals surface area contributed by atoms with E-state index in [1.54, 1.807) is 6.07 Å². The zero-order valence-electron chi connectivity index (χ0n) is 13.2. The van der Waals surface area contributed by atoms with Crippen LogP contribution in [0.4, 0.5) is 13.2 Å². The van der Waals surface area contributed by atoms with Crippen molar-refractivity contribution in [3.63, 3.8) is 0 Å². The van der Waals surface area contributed by atoms with Crippen molar-refractivity contribution in [3.8, 4) is 5.75 Å². The van der Waals surface area contributed by atoms with Crippen LogP contribution in [0.5, 0.6) is 5.75 Å². The Balaban J connectivity index is 1.84. The Kier molecular flexibility index (Phi) is 4.36. The molecule has 0 radical (unpaired) electrons. The fourth-order valence-corrected chi connectivity index (χ4v) is 3.46. The molecular weight excluding hydrogens is 343 g/mol. The van der Waals surface area contributed by atoms with Gasteiger partial charge in [0.2, 0.25) is 0 Å². The van der Waals surface area contributed by atoms with Crippen LogP contribution in [0.3, 0.4) is 0 Å². The number of carboxylic acid groups (broad SMARTS) is 1. The van der Waals surface area contributed by atoms with Gasteiger partial charge in [-0.2, -0.15) is 13.2 Å². The summed E-state index contributed by atoms with van der Waals surface area (Å²) in [6, 6.07) is 4.41. The van der Waals surface area contributed by atoms with Gasteiger partial charge >= 0.3 is 12.1 Å². The summed E-state index contributed by atoms with van der Waals surface area (Å²) >= 11 is 0. The highest BCUT2D eigenvalue weighted by atomic mass is 19.4. The number of methoxy groups -OCH3 is 1. The van der Waals surface area contributed by atoms with Crippen LogP contribution in [-0.2, 0) is 4.84 Å². The molecule has 0 bridgehead atoms. The number of aliphatic hydroxyl groups excluding tert-OH is 1. The van der Waals surface area contributed by atoms with Crippen LogP contribution in [0.15, 0.2) is 23.4 Å². The fourth-order valence-electron chi connectivity index (χ4n) is 3.46. The molecule has 6 nitrogen and oxygen atoms in total. The minimum Gasteiger partial charge on any atom is -0.496 e. The molecular formula is C16H16F3NO5. The molecule has 1 aliphatic heterocycles. The first-order chi connectivity index (χ1) is 11.7. The van der Waals surface area contributed by atoms with Gasteiger partial charge in [-0.3, -0.25) is 0 Å². The van der Waals surface area contributed by atoms with Gasteiger partial charge in [-0.25, -0.2) is 4.79 Å². The van der Waals surface area contributed by atoms with Gasteiger partial charge in [-0.15, -0.1) is 0 Å². The third-order valence-corrected chi connectivity index (χ3v) is 4.69. The normalized spacial score (nSPS) is 26.6. The Bertz CT molecular complexity index is 718. The summed E-state index contributed by atoms with van der Waals surface area (Å²) in [7, 11) is 1.34. The van der Waals surface area contributed by atoms with Crippen LogP contribution in [0.25, 0.3) is 0 Å². The molecule has 4 atom stereocenters. The maximum atomic E-state index is 12.7. The number of hydrogen-bond acceptors (Lipinski definition) is 5. The number of nitrogens with zero attached hydrogens (tertiary/aromatic N) is 1. The summed E-state index contributed by atoms with van der Waals surface area (Å²) in [4.78, 5) is 16.5. The summed E-state index contributed by atoms with van der Waals surface area (Å²) in [5.41, 5.74) is 0.774. The van der Waals surface area contributed by atoms with Crippen molar-refractivity contribution in [2.45, 2.75) is 31.2 Å². The van der Waals surface area contributed by atoms with Gasteiger partial charge in [-0.1, -0.05) is 5.16 Å². The molecule has 1 aliphatic carbocycles. The van der Waals surface area contributed by atoms with Gasteiger partial charge in [0.05, 0.1) is 12.8 Å². The number of alkyl halides is 3. The molecule has 4 unspecified atom stereocenters. The molecule has 136 valence electrons. The first-order valence-corrected chi connectivity index (χ1v) is 7.62. The van der Waals surface area contributed by atoms with Crippen molar-refractivity contribution in [1.29, 1.82) is 0 Å². The molecule has 9 heteroatoms. The van der Waals surface area contributed by atoms with E-state index in [0.29, 0.717) is 11.3 Å². The number of rotatable bonds is 4. The predicted octanol–water partition coefficient (Wildman–Crippen LogP) is 2.45.